The Kier molecular flexibility index (Phi) is 15.0. The maximum absolute atomic E-state index is 10.9. The van der Waals surface area contributed by atoms with Gasteiger partial charge >= 0.3 is 5.97 Å². The molecule has 0 aromatic rings. The Hall–Kier alpha value is -0.690. The average molecular weight is 376 g/mol. The molecule has 2 atom stereocenters. The zero-order valence-electron chi connectivity index (χ0n) is 17.3. The first-order valence-electron chi connectivity index (χ1n) is 10.3. The van der Waals surface area contributed by atoms with Crippen LogP contribution in [-0.2, 0) is 9.53 Å². The molecule has 0 saturated carbocycles. The van der Waals surface area contributed by atoms with Crippen molar-refractivity contribution in [2.24, 2.45) is 5.73 Å². The van der Waals surface area contributed by atoms with Gasteiger partial charge in [0.1, 0.15) is 12.6 Å². The van der Waals surface area contributed by atoms with Crippen LogP contribution in [0.4, 0.5) is 0 Å². The monoisotopic (exact) mass is 375 g/mol. The number of aliphatic hydroxyl groups excluding tert-OH is 1. The van der Waals surface area contributed by atoms with Crippen LogP contribution in [0.1, 0.15) is 71.1 Å². The Morgan fingerprint density at radius 1 is 1.04 bits per heavy atom. The summed E-state index contributed by atoms with van der Waals surface area (Å²) in [5.41, 5.74) is 5.58. The van der Waals surface area contributed by atoms with Gasteiger partial charge in [-0.3, -0.25) is 0 Å². The fourth-order valence-corrected chi connectivity index (χ4v) is 3.28. The zero-order valence-corrected chi connectivity index (χ0v) is 17.3. The molecule has 0 spiro atoms. The summed E-state index contributed by atoms with van der Waals surface area (Å²) in [7, 11) is 3.62. The average Bonchev–Trinajstić information content (AvgIpc) is 2.53. The summed E-state index contributed by atoms with van der Waals surface area (Å²) in [5.74, 6) is -0.856. The quantitative estimate of drug-likeness (QED) is 0.253. The highest BCUT2D eigenvalue weighted by atomic mass is 16.5. The number of carbonyl (C=O) groups is 1. The number of carboxylic acid groups (broad SMARTS) is 1. The van der Waals surface area contributed by atoms with E-state index >= 15 is 0 Å². The molecule has 26 heavy (non-hydrogen) atoms. The Labute approximate surface area is 160 Å². The van der Waals surface area contributed by atoms with Crippen molar-refractivity contribution < 1.29 is 24.2 Å². The van der Waals surface area contributed by atoms with E-state index < -0.39 is 12.1 Å². The number of quaternary nitrogens is 1. The number of likely N-dealkylation sites (N-methyl/N-ethyl adjacent to an activating group) is 1. The lowest BCUT2D eigenvalue weighted by atomic mass is 10.0. The van der Waals surface area contributed by atoms with E-state index in [4.69, 9.17) is 15.6 Å². The molecule has 0 aliphatic carbocycles. The zero-order chi connectivity index (χ0) is 19.8. The highest BCUT2D eigenvalue weighted by Crippen LogP contribution is 2.15. The summed E-state index contributed by atoms with van der Waals surface area (Å²) in [5, 5.41) is 19.2. The first-order valence-corrected chi connectivity index (χ1v) is 10.3. The lowest BCUT2D eigenvalue weighted by Crippen LogP contribution is -2.49. The highest BCUT2D eigenvalue weighted by Gasteiger charge is 2.24. The lowest BCUT2D eigenvalue weighted by molar-refractivity contribution is -0.886. The summed E-state index contributed by atoms with van der Waals surface area (Å²) in [6, 6.07) is 0. The SMILES string of the molecule is CCCCCCCCC(CCCCN)OCC(O)C[N+](C)(C)CC(=O)O. The third kappa shape index (κ3) is 15.6. The Bertz CT molecular complexity index is 351. The number of aliphatic carboxylic acids is 1. The lowest BCUT2D eigenvalue weighted by Gasteiger charge is -2.30. The summed E-state index contributed by atoms with van der Waals surface area (Å²) in [6.07, 6.45) is 11.1. The largest absolute Gasteiger partial charge is 0.477 e. The number of carboxylic acids is 1. The Balaban J connectivity index is 4.19. The number of rotatable bonds is 18. The molecule has 4 N–H and O–H groups in total. The molecule has 0 saturated heterocycles. The molecule has 0 fully saturated rings. The van der Waals surface area contributed by atoms with Crippen molar-refractivity contribution >= 4 is 5.97 Å². The van der Waals surface area contributed by atoms with Crippen LogP contribution in [0.2, 0.25) is 0 Å². The van der Waals surface area contributed by atoms with E-state index in [1.54, 1.807) is 0 Å². The molecule has 0 radical (unpaired) electrons. The van der Waals surface area contributed by atoms with Crippen LogP contribution in [0.5, 0.6) is 0 Å². The summed E-state index contributed by atoms with van der Waals surface area (Å²) in [6.45, 7) is 3.56. The topological polar surface area (TPSA) is 92.8 Å². The van der Waals surface area contributed by atoms with Crippen molar-refractivity contribution in [3.05, 3.63) is 0 Å². The van der Waals surface area contributed by atoms with Gasteiger partial charge < -0.3 is 25.2 Å². The van der Waals surface area contributed by atoms with Gasteiger partial charge in [0.25, 0.3) is 0 Å². The smallest absolute Gasteiger partial charge is 0.359 e. The van der Waals surface area contributed by atoms with E-state index in [0.717, 1.165) is 32.1 Å². The van der Waals surface area contributed by atoms with Gasteiger partial charge in [0.05, 0.1) is 26.8 Å². The second kappa shape index (κ2) is 15.4. The number of hydrogen-bond donors (Lipinski definition) is 3. The molecule has 6 nitrogen and oxygen atoms in total. The van der Waals surface area contributed by atoms with Crippen molar-refractivity contribution in [1.82, 2.24) is 0 Å². The number of nitrogens with zero attached hydrogens (tertiary/aromatic N) is 1. The molecule has 2 unspecified atom stereocenters. The Morgan fingerprint density at radius 3 is 2.19 bits per heavy atom. The molecule has 6 heteroatoms. The molecule has 0 aliphatic heterocycles. The predicted octanol–water partition coefficient (Wildman–Crippen LogP) is 2.77. The molecule has 0 heterocycles. The second-order valence-electron chi connectivity index (χ2n) is 8.12. The van der Waals surface area contributed by atoms with Crippen molar-refractivity contribution in [3.63, 3.8) is 0 Å². The number of nitrogens with two attached hydrogens (primary N) is 1. The van der Waals surface area contributed by atoms with Crippen molar-refractivity contribution in [2.45, 2.75) is 83.3 Å². The van der Waals surface area contributed by atoms with E-state index in [0.29, 0.717) is 13.1 Å². The normalized spacial score (nSPS) is 14.3. The fraction of sp³-hybridized carbons (Fsp3) is 0.950. The third-order valence-electron chi connectivity index (χ3n) is 4.65. The van der Waals surface area contributed by atoms with Gasteiger partial charge in [0.15, 0.2) is 6.54 Å². The van der Waals surface area contributed by atoms with Crippen LogP contribution in [0, 0.1) is 0 Å². The van der Waals surface area contributed by atoms with Gasteiger partial charge in [-0.05, 0) is 32.2 Å². The third-order valence-corrected chi connectivity index (χ3v) is 4.65. The highest BCUT2D eigenvalue weighted by molar-refractivity contribution is 5.67. The number of aliphatic hydroxyl groups is 1. The maximum Gasteiger partial charge on any atom is 0.359 e. The van der Waals surface area contributed by atoms with Gasteiger partial charge in [0.2, 0.25) is 0 Å². The predicted molar refractivity (Wildman–Crippen MR) is 106 cm³/mol. The standard InChI is InChI=1S/C20H42N2O4/c1-4-5-6-7-8-9-12-19(13-10-11-14-21)26-17-18(23)15-22(2,3)16-20(24)25/h18-19,23H,4-17,21H2,1-3H3/p+1. The van der Waals surface area contributed by atoms with Crippen molar-refractivity contribution in [1.29, 1.82) is 0 Å². The van der Waals surface area contributed by atoms with E-state index in [1.807, 2.05) is 14.1 Å². The molecule has 156 valence electrons. The van der Waals surface area contributed by atoms with Gasteiger partial charge in [0, 0.05) is 0 Å². The molecule has 0 aromatic heterocycles. The minimum atomic E-state index is -0.856. The van der Waals surface area contributed by atoms with Crippen LogP contribution >= 0.6 is 0 Å². The molecule has 0 amide bonds. The minimum absolute atomic E-state index is 0.00521. The molecule has 0 aromatic carbocycles. The second-order valence-corrected chi connectivity index (χ2v) is 8.12. The maximum atomic E-state index is 10.9. The van der Waals surface area contributed by atoms with E-state index in [2.05, 4.69) is 6.92 Å². The van der Waals surface area contributed by atoms with Crippen LogP contribution in [0.15, 0.2) is 0 Å². The van der Waals surface area contributed by atoms with Gasteiger partial charge in [-0.25, -0.2) is 4.79 Å². The first kappa shape index (κ1) is 25.3. The molecule has 0 bridgehead atoms. The van der Waals surface area contributed by atoms with E-state index in [1.165, 1.54) is 32.1 Å². The van der Waals surface area contributed by atoms with Crippen LogP contribution in [0.3, 0.4) is 0 Å². The van der Waals surface area contributed by atoms with Crippen molar-refractivity contribution in [3.8, 4) is 0 Å². The molecule has 0 rings (SSSR count). The number of ether oxygens (including phenoxy) is 1. The van der Waals surface area contributed by atoms with Gasteiger partial charge in [-0.2, -0.15) is 0 Å². The van der Waals surface area contributed by atoms with Crippen molar-refractivity contribution in [2.75, 3.05) is 40.3 Å². The van der Waals surface area contributed by atoms with Crippen LogP contribution in [-0.4, -0.2) is 73.2 Å². The van der Waals surface area contributed by atoms with E-state index in [-0.39, 0.29) is 23.7 Å². The molecular weight excluding hydrogens is 332 g/mol. The summed E-state index contributed by atoms with van der Waals surface area (Å²) < 4.78 is 6.23. The molecular formula is C20H43N2O4+. The Morgan fingerprint density at radius 2 is 1.62 bits per heavy atom. The van der Waals surface area contributed by atoms with Crippen LogP contribution in [0.25, 0.3) is 0 Å². The van der Waals surface area contributed by atoms with Gasteiger partial charge in [-0.1, -0.05) is 45.4 Å². The molecule has 0 aliphatic rings. The summed E-state index contributed by atoms with van der Waals surface area (Å²) in [4.78, 5) is 10.9. The fourth-order valence-electron chi connectivity index (χ4n) is 3.28. The minimum Gasteiger partial charge on any atom is -0.477 e. The number of hydrogen-bond acceptors (Lipinski definition) is 4. The van der Waals surface area contributed by atoms with Gasteiger partial charge in [-0.15, -0.1) is 0 Å². The number of unbranched alkanes of at least 4 members (excludes halogenated alkanes) is 6. The first-order chi connectivity index (χ1) is 12.3. The van der Waals surface area contributed by atoms with E-state index in [9.17, 15) is 9.90 Å². The summed E-state index contributed by atoms with van der Waals surface area (Å²) >= 11 is 0. The van der Waals surface area contributed by atoms with Crippen LogP contribution < -0.4 is 5.73 Å².